The van der Waals surface area contributed by atoms with Crippen LogP contribution in [-0.4, -0.2) is 39.9 Å². The summed E-state index contributed by atoms with van der Waals surface area (Å²) in [6.07, 6.45) is 0.772. The van der Waals surface area contributed by atoms with Crippen LogP contribution in [0.15, 0.2) is 33.6 Å². The normalized spacial score (nSPS) is 11.0. The van der Waals surface area contributed by atoms with E-state index in [0.29, 0.717) is 6.54 Å². The molecular formula is C14H20BrN3O4S. The zero-order chi connectivity index (χ0) is 17.3. The van der Waals surface area contributed by atoms with E-state index in [-0.39, 0.29) is 30.3 Å². The molecule has 0 aromatic heterocycles. The van der Waals surface area contributed by atoms with E-state index in [1.807, 2.05) is 6.92 Å². The van der Waals surface area contributed by atoms with E-state index in [4.69, 9.17) is 0 Å². The first-order valence-corrected chi connectivity index (χ1v) is 9.41. The quantitative estimate of drug-likeness (QED) is 0.563. The van der Waals surface area contributed by atoms with Crippen LogP contribution in [0.5, 0.6) is 0 Å². The smallest absolute Gasteiger partial charge is 0.240 e. The lowest BCUT2D eigenvalue weighted by molar-refractivity contribution is -0.126. The van der Waals surface area contributed by atoms with Crippen LogP contribution in [0.1, 0.15) is 19.8 Å². The molecule has 2 amide bonds. The van der Waals surface area contributed by atoms with Crippen molar-refractivity contribution in [1.82, 2.24) is 15.4 Å². The lowest BCUT2D eigenvalue weighted by Gasteiger charge is -2.08. The van der Waals surface area contributed by atoms with E-state index in [0.717, 1.165) is 10.9 Å². The van der Waals surface area contributed by atoms with Crippen LogP contribution in [0, 0.1) is 0 Å². The van der Waals surface area contributed by atoms with Gasteiger partial charge in [-0.25, -0.2) is 13.1 Å². The number of amides is 2. The highest BCUT2D eigenvalue weighted by atomic mass is 79.9. The van der Waals surface area contributed by atoms with Crippen molar-refractivity contribution in [3.63, 3.8) is 0 Å². The van der Waals surface area contributed by atoms with Crippen LogP contribution in [0.25, 0.3) is 0 Å². The molecule has 9 heteroatoms. The molecular weight excluding hydrogens is 386 g/mol. The fraction of sp³-hybridized carbons (Fsp3) is 0.429. The Hall–Kier alpha value is -1.45. The highest BCUT2D eigenvalue weighted by Crippen LogP contribution is 2.14. The van der Waals surface area contributed by atoms with Crippen LogP contribution in [0.4, 0.5) is 0 Å². The second kappa shape index (κ2) is 9.64. The molecule has 0 atom stereocenters. The van der Waals surface area contributed by atoms with Gasteiger partial charge in [0.15, 0.2) is 0 Å². The van der Waals surface area contributed by atoms with Crippen molar-refractivity contribution in [2.45, 2.75) is 24.7 Å². The molecule has 0 radical (unpaired) electrons. The topological polar surface area (TPSA) is 104 Å². The molecule has 1 aromatic carbocycles. The SMILES string of the molecule is CCCNC(=O)CNC(=O)CCNS(=O)(=O)c1ccc(Br)cc1. The summed E-state index contributed by atoms with van der Waals surface area (Å²) in [6, 6.07) is 6.17. The summed E-state index contributed by atoms with van der Waals surface area (Å²) in [7, 11) is -3.65. The number of halogens is 1. The Morgan fingerprint density at radius 1 is 1.04 bits per heavy atom. The first kappa shape index (κ1) is 19.6. The number of benzene rings is 1. The van der Waals surface area contributed by atoms with Gasteiger partial charge in [-0.1, -0.05) is 22.9 Å². The molecule has 7 nitrogen and oxygen atoms in total. The second-order valence-electron chi connectivity index (χ2n) is 4.73. The van der Waals surface area contributed by atoms with E-state index in [1.54, 1.807) is 12.1 Å². The summed E-state index contributed by atoms with van der Waals surface area (Å²) in [4.78, 5) is 23.0. The van der Waals surface area contributed by atoms with Crippen LogP contribution in [0.2, 0.25) is 0 Å². The molecule has 0 saturated carbocycles. The summed E-state index contributed by atoms with van der Waals surface area (Å²) >= 11 is 3.23. The molecule has 0 aliphatic rings. The fourth-order valence-corrected chi connectivity index (χ4v) is 2.89. The van der Waals surface area contributed by atoms with Crippen LogP contribution < -0.4 is 15.4 Å². The van der Waals surface area contributed by atoms with Gasteiger partial charge >= 0.3 is 0 Å². The molecule has 1 rings (SSSR count). The highest BCUT2D eigenvalue weighted by molar-refractivity contribution is 9.10. The molecule has 0 aliphatic carbocycles. The summed E-state index contributed by atoms with van der Waals surface area (Å²) < 4.78 is 27.1. The van der Waals surface area contributed by atoms with Gasteiger partial charge in [-0.2, -0.15) is 0 Å². The van der Waals surface area contributed by atoms with Gasteiger partial charge in [-0.15, -0.1) is 0 Å². The Labute approximate surface area is 144 Å². The van der Waals surface area contributed by atoms with Gasteiger partial charge in [-0.05, 0) is 30.7 Å². The number of rotatable bonds is 9. The second-order valence-corrected chi connectivity index (χ2v) is 7.41. The average molecular weight is 406 g/mol. The maximum absolute atomic E-state index is 12.0. The van der Waals surface area contributed by atoms with E-state index >= 15 is 0 Å². The highest BCUT2D eigenvalue weighted by Gasteiger charge is 2.14. The molecule has 0 unspecified atom stereocenters. The number of carbonyl (C=O) groups excluding carboxylic acids is 2. The maximum atomic E-state index is 12.0. The summed E-state index contributed by atoms with van der Waals surface area (Å²) in [5.74, 6) is -0.661. The van der Waals surface area contributed by atoms with Crippen molar-refractivity contribution in [3.05, 3.63) is 28.7 Å². The summed E-state index contributed by atoms with van der Waals surface area (Å²) in [5.41, 5.74) is 0. The van der Waals surface area contributed by atoms with Crippen molar-refractivity contribution in [2.75, 3.05) is 19.6 Å². The van der Waals surface area contributed by atoms with E-state index in [2.05, 4.69) is 31.3 Å². The first-order chi connectivity index (χ1) is 10.8. The molecule has 0 heterocycles. The van der Waals surface area contributed by atoms with Gasteiger partial charge < -0.3 is 10.6 Å². The standard InChI is InChI=1S/C14H20BrN3O4S/c1-2-8-16-14(20)10-17-13(19)7-9-18-23(21,22)12-5-3-11(15)4-6-12/h3-6,18H,2,7-10H2,1H3,(H,16,20)(H,17,19). The third-order valence-electron chi connectivity index (χ3n) is 2.79. The van der Waals surface area contributed by atoms with E-state index in [9.17, 15) is 18.0 Å². The molecule has 0 aliphatic heterocycles. The minimum atomic E-state index is -3.65. The number of nitrogens with one attached hydrogen (secondary N) is 3. The Morgan fingerprint density at radius 2 is 1.70 bits per heavy atom. The first-order valence-electron chi connectivity index (χ1n) is 7.14. The van der Waals surface area contributed by atoms with E-state index in [1.165, 1.54) is 12.1 Å². The van der Waals surface area contributed by atoms with Gasteiger partial charge in [0.2, 0.25) is 21.8 Å². The third-order valence-corrected chi connectivity index (χ3v) is 4.79. The molecule has 3 N–H and O–H groups in total. The zero-order valence-electron chi connectivity index (χ0n) is 12.8. The van der Waals surface area contributed by atoms with E-state index < -0.39 is 15.9 Å². The molecule has 128 valence electrons. The zero-order valence-corrected chi connectivity index (χ0v) is 15.2. The predicted octanol–water partition coefficient (Wildman–Crippen LogP) is 0.760. The number of sulfonamides is 1. The number of carbonyl (C=O) groups is 2. The van der Waals surface area contributed by atoms with Crippen LogP contribution in [0.3, 0.4) is 0 Å². The Kier molecular flexibility index (Phi) is 8.21. The number of hydrogen-bond acceptors (Lipinski definition) is 4. The third kappa shape index (κ3) is 7.58. The lowest BCUT2D eigenvalue weighted by atomic mass is 10.4. The molecule has 0 spiro atoms. The monoisotopic (exact) mass is 405 g/mol. The molecule has 0 fully saturated rings. The maximum Gasteiger partial charge on any atom is 0.240 e. The Bertz CT molecular complexity index is 632. The fourth-order valence-electron chi connectivity index (χ4n) is 1.59. The predicted molar refractivity (Wildman–Crippen MR) is 90.3 cm³/mol. The largest absolute Gasteiger partial charge is 0.355 e. The van der Waals surface area contributed by atoms with Crippen LogP contribution in [-0.2, 0) is 19.6 Å². The molecule has 0 bridgehead atoms. The minimum absolute atomic E-state index is 0.0409. The van der Waals surface area contributed by atoms with Gasteiger partial charge in [0, 0.05) is 24.0 Å². The van der Waals surface area contributed by atoms with Gasteiger partial charge in [0.05, 0.1) is 11.4 Å². The Balaban J connectivity index is 2.34. The summed E-state index contributed by atoms with van der Waals surface area (Å²) in [6.45, 7) is 2.33. The van der Waals surface area contributed by atoms with Gasteiger partial charge in [0.25, 0.3) is 0 Å². The number of hydrogen-bond donors (Lipinski definition) is 3. The van der Waals surface area contributed by atoms with Gasteiger partial charge in [0.1, 0.15) is 0 Å². The van der Waals surface area contributed by atoms with Gasteiger partial charge in [-0.3, -0.25) is 9.59 Å². The lowest BCUT2D eigenvalue weighted by Crippen LogP contribution is -2.38. The molecule has 23 heavy (non-hydrogen) atoms. The Morgan fingerprint density at radius 3 is 2.30 bits per heavy atom. The minimum Gasteiger partial charge on any atom is -0.355 e. The average Bonchev–Trinajstić information content (AvgIpc) is 2.51. The van der Waals surface area contributed by atoms with Crippen molar-refractivity contribution >= 4 is 37.8 Å². The van der Waals surface area contributed by atoms with Crippen molar-refractivity contribution in [2.24, 2.45) is 0 Å². The molecule has 1 aromatic rings. The van der Waals surface area contributed by atoms with Crippen LogP contribution >= 0.6 is 15.9 Å². The van der Waals surface area contributed by atoms with Crippen molar-refractivity contribution in [3.8, 4) is 0 Å². The van der Waals surface area contributed by atoms with Crippen molar-refractivity contribution < 1.29 is 18.0 Å². The summed E-state index contributed by atoms with van der Waals surface area (Å²) in [5, 5.41) is 5.06. The van der Waals surface area contributed by atoms with Crippen molar-refractivity contribution in [1.29, 1.82) is 0 Å². The molecule has 0 saturated heterocycles.